The maximum absolute atomic E-state index is 15.1. The number of benzene rings is 2. The second-order valence-corrected chi connectivity index (χ2v) is 9.30. The zero-order valence-electron chi connectivity index (χ0n) is 23.1. The van der Waals surface area contributed by atoms with E-state index in [-0.39, 0.29) is 42.7 Å². The van der Waals surface area contributed by atoms with Crippen LogP contribution in [0, 0.1) is 17.6 Å². The van der Waals surface area contributed by atoms with Crippen molar-refractivity contribution >= 4 is 28.4 Å². The van der Waals surface area contributed by atoms with Crippen LogP contribution < -0.4 is 20.5 Å². The first-order valence-electron chi connectivity index (χ1n) is 13.0. The molecule has 5 rings (SSSR count). The number of pyridine rings is 1. The molecule has 0 aliphatic rings. The molecular formula is C29H26F3N7O4. The van der Waals surface area contributed by atoms with Gasteiger partial charge in [-0.25, -0.2) is 23.7 Å². The summed E-state index contributed by atoms with van der Waals surface area (Å²) in [4.78, 5) is 23.9. The predicted octanol–water partition coefficient (Wildman–Crippen LogP) is 4.38. The van der Waals surface area contributed by atoms with Gasteiger partial charge in [0.15, 0.2) is 17.4 Å². The number of ether oxygens (including phenoxy) is 3. The molecule has 3 aromatic heterocycles. The number of esters is 1. The summed E-state index contributed by atoms with van der Waals surface area (Å²) in [5.74, 6) is -2.31. The van der Waals surface area contributed by atoms with Gasteiger partial charge in [0.05, 0.1) is 25.4 Å². The Balaban J connectivity index is 1.41. The van der Waals surface area contributed by atoms with Crippen molar-refractivity contribution in [1.29, 1.82) is 0 Å². The highest BCUT2D eigenvalue weighted by molar-refractivity contribution is 5.92. The van der Waals surface area contributed by atoms with Crippen LogP contribution in [0.15, 0.2) is 60.9 Å². The Morgan fingerprint density at radius 1 is 1.07 bits per heavy atom. The van der Waals surface area contributed by atoms with E-state index in [1.54, 1.807) is 30.3 Å². The summed E-state index contributed by atoms with van der Waals surface area (Å²) in [5.41, 5.74) is 6.49. The summed E-state index contributed by atoms with van der Waals surface area (Å²) in [7, 11) is 1.44. The van der Waals surface area contributed by atoms with Crippen LogP contribution in [0.3, 0.4) is 0 Å². The molecule has 0 amide bonds. The van der Waals surface area contributed by atoms with Gasteiger partial charge in [0, 0.05) is 41.0 Å². The van der Waals surface area contributed by atoms with Crippen molar-refractivity contribution in [3.8, 4) is 23.0 Å². The number of carbonyl (C=O) groups is 1. The third kappa shape index (κ3) is 6.64. The summed E-state index contributed by atoms with van der Waals surface area (Å²) in [6.07, 6.45) is 2.74. The number of carbonyl (C=O) groups excluding carboxylic acids is 1. The molecule has 1 atom stereocenters. The third-order valence-electron chi connectivity index (χ3n) is 6.22. The van der Waals surface area contributed by atoms with Gasteiger partial charge in [-0.3, -0.25) is 9.48 Å². The van der Waals surface area contributed by atoms with Crippen LogP contribution >= 0.6 is 0 Å². The van der Waals surface area contributed by atoms with Gasteiger partial charge >= 0.3 is 5.97 Å². The highest BCUT2D eigenvalue weighted by Crippen LogP contribution is 2.31. The van der Waals surface area contributed by atoms with Crippen molar-refractivity contribution in [1.82, 2.24) is 24.7 Å². The molecule has 11 nitrogen and oxygen atoms in total. The number of nitrogens with one attached hydrogen (secondary N) is 1. The fourth-order valence-electron chi connectivity index (χ4n) is 4.15. The minimum Gasteiger partial charge on any atom is -0.491 e. The van der Waals surface area contributed by atoms with E-state index < -0.39 is 29.6 Å². The van der Waals surface area contributed by atoms with Gasteiger partial charge in [-0.2, -0.15) is 9.49 Å². The molecule has 3 heterocycles. The van der Waals surface area contributed by atoms with E-state index in [0.29, 0.717) is 28.0 Å². The Labute approximate surface area is 243 Å². The van der Waals surface area contributed by atoms with Gasteiger partial charge < -0.3 is 25.3 Å². The molecule has 2 aromatic carbocycles. The minimum absolute atomic E-state index is 0.0673. The lowest BCUT2D eigenvalue weighted by Crippen LogP contribution is -2.29. The fraction of sp³-hybridized carbons (Fsp3) is 0.207. The monoisotopic (exact) mass is 593 g/mol. The number of fused-ring (bicyclic) bond motifs is 1. The number of nitrogens with zero attached hydrogens (tertiary/aromatic N) is 5. The van der Waals surface area contributed by atoms with Gasteiger partial charge in [-0.1, -0.05) is 18.2 Å². The number of aromatic nitrogens is 5. The van der Waals surface area contributed by atoms with Crippen LogP contribution in [0.1, 0.15) is 12.5 Å². The van der Waals surface area contributed by atoms with E-state index in [0.717, 1.165) is 12.1 Å². The van der Waals surface area contributed by atoms with Crippen LogP contribution in [0.5, 0.6) is 11.5 Å². The molecule has 5 aromatic rings. The van der Waals surface area contributed by atoms with Crippen LogP contribution in [-0.2, 0) is 16.1 Å². The van der Waals surface area contributed by atoms with E-state index >= 15 is 8.78 Å². The van der Waals surface area contributed by atoms with E-state index in [2.05, 4.69) is 25.4 Å². The topological polar surface area (TPSA) is 139 Å². The van der Waals surface area contributed by atoms with Crippen molar-refractivity contribution in [3.05, 3.63) is 84.1 Å². The van der Waals surface area contributed by atoms with Crippen molar-refractivity contribution in [2.24, 2.45) is 5.73 Å². The normalized spacial score (nSPS) is 11.8. The first kappa shape index (κ1) is 29.3. The molecule has 0 fully saturated rings. The molecule has 43 heavy (non-hydrogen) atoms. The van der Waals surface area contributed by atoms with Gasteiger partial charge in [0.2, 0.25) is 5.95 Å². The number of halogens is 3. The Kier molecular flexibility index (Phi) is 8.66. The Morgan fingerprint density at radius 2 is 1.84 bits per heavy atom. The molecule has 0 unspecified atom stereocenters. The van der Waals surface area contributed by atoms with E-state index in [4.69, 9.17) is 19.9 Å². The average Bonchev–Trinajstić information content (AvgIpc) is 3.35. The number of rotatable bonds is 11. The van der Waals surface area contributed by atoms with Gasteiger partial charge in [0.1, 0.15) is 42.3 Å². The van der Waals surface area contributed by atoms with Gasteiger partial charge in [-0.05, 0) is 19.1 Å². The maximum atomic E-state index is 15.1. The van der Waals surface area contributed by atoms with Crippen LogP contribution in [0.2, 0.25) is 0 Å². The number of para-hydroxylation sites is 1. The summed E-state index contributed by atoms with van der Waals surface area (Å²) in [6.45, 7) is 0.989. The SMILES string of the molecule is COc1cnc(-c2nn(Cc3c(F)cc(OCCOC(=O)[C@H](C)N)cc3F)c3ccccc23)nc1Nc1ccnc(F)c1. The number of methoxy groups -OCH3 is 1. The Morgan fingerprint density at radius 3 is 2.56 bits per heavy atom. The zero-order chi connectivity index (χ0) is 30.5. The van der Waals surface area contributed by atoms with E-state index in [1.807, 2.05) is 0 Å². The number of anilines is 2. The van der Waals surface area contributed by atoms with Crippen LogP contribution in [0.25, 0.3) is 22.4 Å². The largest absolute Gasteiger partial charge is 0.491 e. The van der Waals surface area contributed by atoms with Crippen molar-refractivity contribution in [2.75, 3.05) is 25.6 Å². The summed E-state index contributed by atoms with van der Waals surface area (Å²) >= 11 is 0. The number of hydrogen-bond donors (Lipinski definition) is 2. The van der Waals surface area contributed by atoms with Crippen molar-refractivity contribution < 1.29 is 32.2 Å². The molecule has 0 bridgehead atoms. The first-order chi connectivity index (χ1) is 20.7. The highest BCUT2D eigenvalue weighted by atomic mass is 19.1. The quantitative estimate of drug-likeness (QED) is 0.129. The zero-order valence-corrected chi connectivity index (χ0v) is 23.1. The van der Waals surface area contributed by atoms with Gasteiger partial charge in [-0.15, -0.1) is 0 Å². The summed E-state index contributed by atoms with van der Waals surface area (Å²) in [5, 5.41) is 8.22. The molecule has 0 radical (unpaired) electrons. The molecule has 3 N–H and O–H groups in total. The Hall–Kier alpha value is -5.24. The lowest BCUT2D eigenvalue weighted by molar-refractivity contribution is -0.145. The summed E-state index contributed by atoms with van der Waals surface area (Å²) < 4.78 is 60.9. The minimum atomic E-state index is -0.847. The number of nitrogens with two attached hydrogens (primary N) is 1. The second kappa shape index (κ2) is 12.7. The van der Waals surface area contributed by atoms with Crippen LogP contribution in [0.4, 0.5) is 24.7 Å². The second-order valence-electron chi connectivity index (χ2n) is 9.30. The molecular weight excluding hydrogens is 567 g/mol. The van der Waals surface area contributed by atoms with Crippen molar-refractivity contribution in [2.45, 2.75) is 19.5 Å². The fourth-order valence-corrected chi connectivity index (χ4v) is 4.15. The van der Waals surface area contributed by atoms with E-state index in [9.17, 15) is 9.18 Å². The lowest BCUT2D eigenvalue weighted by Gasteiger charge is -2.12. The molecule has 14 heteroatoms. The molecule has 0 spiro atoms. The lowest BCUT2D eigenvalue weighted by atomic mass is 10.1. The number of hydrogen-bond acceptors (Lipinski definition) is 10. The Bertz CT molecular complexity index is 1760. The molecule has 0 aliphatic heterocycles. The third-order valence-corrected chi connectivity index (χ3v) is 6.22. The molecule has 0 aliphatic carbocycles. The van der Waals surface area contributed by atoms with Crippen LogP contribution in [-0.4, -0.2) is 57.1 Å². The first-order valence-corrected chi connectivity index (χ1v) is 13.0. The average molecular weight is 594 g/mol. The van der Waals surface area contributed by atoms with E-state index in [1.165, 1.54) is 37.2 Å². The smallest absolute Gasteiger partial charge is 0.322 e. The highest BCUT2D eigenvalue weighted by Gasteiger charge is 2.20. The predicted molar refractivity (Wildman–Crippen MR) is 150 cm³/mol. The molecule has 0 saturated heterocycles. The maximum Gasteiger partial charge on any atom is 0.322 e. The van der Waals surface area contributed by atoms with Crippen molar-refractivity contribution in [3.63, 3.8) is 0 Å². The molecule has 0 saturated carbocycles. The standard InChI is InChI=1S/C29H26F3N7O4/c1-16(33)29(40)43-10-9-42-18-12-21(30)20(22(31)13-18)15-39-23-6-4-3-5-19(23)26(38-39)28-35-14-24(41-2)27(37-28)36-17-7-8-34-25(32)11-17/h3-8,11-14,16H,9-10,15,33H2,1-2H3,(H,34,35,36,37)/t16-/m0/s1. The summed E-state index contributed by atoms with van der Waals surface area (Å²) in [6, 6.07) is 11.2. The van der Waals surface area contributed by atoms with Gasteiger partial charge in [0.25, 0.3) is 0 Å². The molecule has 222 valence electrons.